The van der Waals surface area contributed by atoms with Crippen molar-refractivity contribution in [2.24, 2.45) is 4.99 Å². The average molecular weight is 534 g/mol. The van der Waals surface area contributed by atoms with Crippen LogP contribution < -0.4 is 10.6 Å². The topological polar surface area (TPSA) is 123 Å². The lowest BCUT2D eigenvalue weighted by molar-refractivity contribution is 0.111. The molecule has 39 heavy (non-hydrogen) atoms. The van der Waals surface area contributed by atoms with E-state index in [0.717, 1.165) is 31.3 Å². The lowest BCUT2D eigenvalue weighted by Gasteiger charge is -2.29. The largest absolute Gasteiger partial charge is 0.372 e. The third-order valence-corrected chi connectivity index (χ3v) is 6.59. The van der Waals surface area contributed by atoms with E-state index >= 15 is 0 Å². The van der Waals surface area contributed by atoms with E-state index < -0.39 is 17.7 Å². The second-order valence-electron chi connectivity index (χ2n) is 9.17. The lowest BCUT2D eigenvalue weighted by atomic mass is 10.0. The highest BCUT2D eigenvalue weighted by Crippen LogP contribution is 2.31. The van der Waals surface area contributed by atoms with Crippen LogP contribution in [0.5, 0.6) is 0 Å². The van der Waals surface area contributed by atoms with Gasteiger partial charge in [0.15, 0.2) is 17.9 Å². The number of rotatable bonds is 11. The number of nitrogens with zero attached hydrogens (tertiary/aromatic N) is 4. The zero-order valence-electron chi connectivity index (χ0n) is 21.8. The van der Waals surface area contributed by atoms with Gasteiger partial charge in [-0.05, 0) is 25.3 Å². The number of hydrogen-bond donors (Lipinski definition) is 3. The molecule has 1 saturated carbocycles. The Morgan fingerprint density at radius 1 is 1.13 bits per heavy atom. The van der Waals surface area contributed by atoms with Gasteiger partial charge in [0.1, 0.15) is 30.1 Å². The number of aromatic nitrogens is 2. The summed E-state index contributed by atoms with van der Waals surface area (Å²) in [6.07, 6.45) is 4.98. The summed E-state index contributed by atoms with van der Waals surface area (Å²) in [5, 5.41) is 15.3. The SMILES string of the molecule is CCC(Nc1ncnc(NC)c1C(=N)c1ccc(C=O)cc1)/C(=N/c1cc(F)c(F)cc1C=O)N(C)C1CC1. The molecular formula is C28H29F2N7O2. The highest BCUT2D eigenvalue weighted by molar-refractivity contribution is 6.16. The minimum Gasteiger partial charge on any atom is -0.372 e. The Kier molecular flexibility index (Phi) is 8.38. The van der Waals surface area contributed by atoms with Gasteiger partial charge in [0.25, 0.3) is 0 Å². The quantitative estimate of drug-likeness (QED) is 0.183. The number of hydrogen-bond acceptors (Lipinski definition) is 8. The molecule has 0 radical (unpaired) electrons. The summed E-state index contributed by atoms with van der Waals surface area (Å²) in [4.78, 5) is 38.0. The van der Waals surface area contributed by atoms with Gasteiger partial charge in [0, 0.05) is 42.9 Å². The molecule has 1 aliphatic carbocycles. The monoisotopic (exact) mass is 533 g/mol. The molecule has 202 valence electrons. The van der Waals surface area contributed by atoms with Gasteiger partial charge in [-0.15, -0.1) is 0 Å². The van der Waals surface area contributed by atoms with Gasteiger partial charge in [0.05, 0.1) is 23.0 Å². The van der Waals surface area contributed by atoms with Crippen LogP contribution in [-0.2, 0) is 0 Å². The average Bonchev–Trinajstić information content (AvgIpc) is 3.81. The van der Waals surface area contributed by atoms with E-state index in [9.17, 15) is 18.4 Å². The summed E-state index contributed by atoms with van der Waals surface area (Å²) < 4.78 is 27.9. The maximum atomic E-state index is 14.1. The molecule has 1 atom stereocenters. The number of aldehydes is 2. The van der Waals surface area contributed by atoms with E-state index in [2.05, 4.69) is 25.6 Å². The van der Waals surface area contributed by atoms with Crippen molar-refractivity contribution in [3.8, 4) is 0 Å². The predicted octanol–water partition coefficient (Wildman–Crippen LogP) is 4.85. The molecule has 0 saturated heterocycles. The van der Waals surface area contributed by atoms with Crippen LogP contribution in [0.25, 0.3) is 0 Å². The third-order valence-electron chi connectivity index (χ3n) is 6.59. The van der Waals surface area contributed by atoms with Crippen molar-refractivity contribution in [3.05, 3.63) is 76.6 Å². The summed E-state index contributed by atoms with van der Waals surface area (Å²) in [6.45, 7) is 1.93. The van der Waals surface area contributed by atoms with Gasteiger partial charge in [-0.2, -0.15) is 0 Å². The molecule has 0 amide bonds. The Balaban J connectivity index is 1.78. The van der Waals surface area contributed by atoms with Gasteiger partial charge in [0.2, 0.25) is 0 Å². The van der Waals surface area contributed by atoms with Crippen LogP contribution in [0, 0.1) is 17.0 Å². The fourth-order valence-electron chi connectivity index (χ4n) is 4.23. The normalized spacial score (nSPS) is 13.9. The number of carbonyl (C=O) groups is 2. The van der Waals surface area contributed by atoms with Crippen LogP contribution in [0.2, 0.25) is 0 Å². The number of halogens is 2. The fourth-order valence-corrected chi connectivity index (χ4v) is 4.23. The molecule has 9 nitrogen and oxygen atoms in total. The maximum Gasteiger partial charge on any atom is 0.161 e. The molecule has 0 spiro atoms. The molecule has 11 heteroatoms. The number of benzene rings is 2. The second-order valence-corrected chi connectivity index (χ2v) is 9.17. The summed E-state index contributed by atoms with van der Waals surface area (Å²) in [5.41, 5.74) is 1.55. The lowest BCUT2D eigenvalue weighted by Crippen LogP contribution is -2.42. The Labute approximate surface area is 224 Å². The molecule has 3 N–H and O–H groups in total. The number of nitrogens with one attached hydrogen (secondary N) is 3. The van der Waals surface area contributed by atoms with Crippen LogP contribution in [0.1, 0.15) is 58.0 Å². The van der Waals surface area contributed by atoms with Crippen LogP contribution >= 0.6 is 0 Å². The van der Waals surface area contributed by atoms with Crippen molar-refractivity contribution in [3.63, 3.8) is 0 Å². The Bertz CT molecular complexity index is 1420. The Hall–Kier alpha value is -4.54. The molecule has 4 rings (SSSR count). The van der Waals surface area contributed by atoms with Crippen molar-refractivity contribution < 1.29 is 18.4 Å². The first-order valence-electron chi connectivity index (χ1n) is 12.5. The van der Waals surface area contributed by atoms with Crippen LogP contribution in [0.3, 0.4) is 0 Å². The van der Waals surface area contributed by atoms with Crippen molar-refractivity contribution in [1.82, 2.24) is 14.9 Å². The van der Waals surface area contributed by atoms with E-state index in [0.29, 0.717) is 46.9 Å². The highest BCUT2D eigenvalue weighted by Gasteiger charge is 2.32. The first-order chi connectivity index (χ1) is 18.8. The van der Waals surface area contributed by atoms with Crippen LogP contribution in [0.4, 0.5) is 26.1 Å². The molecule has 3 aromatic rings. The summed E-state index contributed by atoms with van der Waals surface area (Å²) in [5.74, 6) is -0.914. The van der Waals surface area contributed by atoms with Gasteiger partial charge in [-0.25, -0.2) is 23.7 Å². The predicted molar refractivity (Wildman–Crippen MR) is 147 cm³/mol. The molecule has 1 aliphatic rings. The molecule has 0 aliphatic heterocycles. The minimum atomic E-state index is -1.12. The highest BCUT2D eigenvalue weighted by atomic mass is 19.2. The van der Waals surface area contributed by atoms with Gasteiger partial charge >= 0.3 is 0 Å². The van der Waals surface area contributed by atoms with Gasteiger partial charge < -0.3 is 15.5 Å². The number of carbonyl (C=O) groups excluding carboxylic acids is 2. The van der Waals surface area contributed by atoms with Crippen molar-refractivity contribution in [2.75, 3.05) is 24.7 Å². The summed E-state index contributed by atoms with van der Waals surface area (Å²) >= 11 is 0. The standard InChI is InChI=1S/C28H29F2N7O2/c1-4-22(28(37(3)19-9-10-19)36-23-12-21(30)20(29)11-18(23)14-39)35-27-24(26(32-2)33-15-34-27)25(31)17-7-5-16(13-38)6-8-17/h5-8,11-15,19,22,31H,4,9-10H2,1-3H3,(H2,32,33,34,35)/b31-25?,36-28-. The Morgan fingerprint density at radius 2 is 1.79 bits per heavy atom. The van der Waals surface area contributed by atoms with E-state index in [1.807, 2.05) is 18.9 Å². The molecule has 1 heterocycles. The first-order valence-corrected chi connectivity index (χ1v) is 12.5. The van der Waals surface area contributed by atoms with E-state index in [4.69, 9.17) is 5.41 Å². The van der Waals surface area contributed by atoms with Crippen LogP contribution in [-0.4, -0.2) is 65.2 Å². The van der Waals surface area contributed by atoms with E-state index in [-0.39, 0.29) is 23.0 Å². The number of aliphatic imine (C=N–C) groups is 1. The summed E-state index contributed by atoms with van der Waals surface area (Å²) in [6, 6.07) is 8.12. The van der Waals surface area contributed by atoms with Gasteiger partial charge in [-0.1, -0.05) is 31.2 Å². The number of amidine groups is 1. The second kappa shape index (κ2) is 11.9. The smallest absolute Gasteiger partial charge is 0.161 e. The minimum absolute atomic E-state index is 0.0217. The van der Waals surface area contributed by atoms with E-state index in [1.165, 1.54) is 6.33 Å². The van der Waals surface area contributed by atoms with Gasteiger partial charge in [-0.3, -0.25) is 15.0 Å². The van der Waals surface area contributed by atoms with Crippen molar-refractivity contribution in [2.45, 2.75) is 38.3 Å². The first kappa shape index (κ1) is 27.5. The maximum absolute atomic E-state index is 14.1. The van der Waals surface area contributed by atoms with Crippen LogP contribution in [0.15, 0.2) is 47.7 Å². The molecule has 1 aromatic heterocycles. The Morgan fingerprint density at radius 3 is 2.38 bits per heavy atom. The molecular weight excluding hydrogens is 504 g/mol. The van der Waals surface area contributed by atoms with Crippen molar-refractivity contribution >= 4 is 41.4 Å². The molecule has 1 unspecified atom stereocenters. The number of likely N-dealkylation sites (N-methyl/N-ethyl adjacent to an activating group) is 1. The molecule has 1 fully saturated rings. The zero-order valence-corrected chi connectivity index (χ0v) is 21.8. The van der Waals surface area contributed by atoms with Crippen molar-refractivity contribution in [1.29, 1.82) is 5.41 Å². The molecule has 0 bridgehead atoms. The zero-order chi connectivity index (χ0) is 28.1. The molecule has 2 aromatic carbocycles. The third kappa shape index (κ3) is 5.97. The fraction of sp³-hybridized carbons (Fsp3) is 0.286. The summed E-state index contributed by atoms with van der Waals surface area (Å²) in [7, 11) is 3.56. The number of anilines is 2. The van der Waals surface area contributed by atoms with E-state index in [1.54, 1.807) is 31.3 Å².